The van der Waals surface area contributed by atoms with E-state index >= 15 is 4.39 Å². The predicted octanol–water partition coefficient (Wildman–Crippen LogP) is 7.86. The second-order valence-corrected chi connectivity index (χ2v) is 10.2. The van der Waals surface area contributed by atoms with Gasteiger partial charge in [0.25, 0.3) is 0 Å². The van der Waals surface area contributed by atoms with Gasteiger partial charge in [-0.3, -0.25) is 9.36 Å². The van der Waals surface area contributed by atoms with Crippen molar-refractivity contribution >= 4 is 52.2 Å². The quantitative estimate of drug-likeness (QED) is 0.0895. The first-order valence-corrected chi connectivity index (χ1v) is 13.5. The van der Waals surface area contributed by atoms with Gasteiger partial charge in [0.15, 0.2) is 12.5 Å². The number of benzene rings is 2. The highest BCUT2D eigenvalue weighted by Crippen LogP contribution is 2.31. The molecule has 0 bridgehead atoms. The van der Waals surface area contributed by atoms with Crippen LogP contribution in [0, 0.1) is 11.6 Å². The number of carbonyl (C=O) groups is 2. The Morgan fingerprint density at radius 1 is 1.13 bits per heavy atom. The van der Waals surface area contributed by atoms with Crippen LogP contribution >= 0.6 is 23.5 Å². The number of aromatic nitrogens is 2. The van der Waals surface area contributed by atoms with Crippen LogP contribution < -0.4 is 4.72 Å². The molecule has 0 fully saturated rings. The van der Waals surface area contributed by atoms with E-state index in [9.17, 15) is 14.0 Å². The zero-order chi connectivity index (χ0) is 28.1. The van der Waals surface area contributed by atoms with Gasteiger partial charge in [0, 0.05) is 34.1 Å². The van der Waals surface area contributed by atoms with Crippen molar-refractivity contribution in [1.82, 2.24) is 9.55 Å². The van der Waals surface area contributed by atoms with Crippen molar-refractivity contribution in [2.24, 2.45) is 0 Å². The van der Waals surface area contributed by atoms with Crippen molar-refractivity contribution in [3.63, 3.8) is 0 Å². The zero-order valence-electron chi connectivity index (χ0n) is 21.5. The second-order valence-electron chi connectivity index (χ2n) is 8.87. The van der Waals surface area contributed by atoms with Crippen LogP contribution in [0.4, 0.5) is 19.3 Å². The minimum atomic E-state index is -0.997. The number of halogens is 3. The Balaban J connectivity index is 1.79. The van der Waals surface area contributed by atoms with Crippen molar-refractivity contribution in [3.8, 4) is 11.1 Å². The number of nitrogens with zero attached hydrogens (tertiary/aromatic N) is 2. The summed E-state index contributed by atoms with van der Waals surface area (Å²) in [5.41, 5.74) is 0.994. The second kappa shape index (κ2) is 12.5. The summed E-state index contributed by atoms with van der Waals surface area (Å²) < 4.78 is 44.7. The van der Waals surface area contributed by atoms with E-state index in [1.165, 1.54) is 28.8 Å². The largest absolute Gasteiger partial charge is 0.510 e. The number of hydrogen-bond donors (Lipinski definition) is 1. The first-order chi connectivity index (χ1) is 18.7. The molecule has 0 aliphatic carbocycles. The van der Waals surface area contributed by atoms with Crippen LogP contribution in [-0.2, 0) is 16.2 Å². The van der Waals surface area contributed by atoms with Gasteiger partial charge in [-0.05, 0) is 56.2 Å². The number of ether oxygens (including phenoxy) is 2. The predicted molar refractivity (Wildman–Crippen MR) is 149 cm³/mol. The number of pyridine rings is 1. The fraction of sp³-hybridized carbons (Fsp3) is 0.250. The summed E-state index contributed by atoms with van der Waals surface area (Å²) in [6.07, 6.45) is 2.50. The number of rotatable bonds is 10. The molecule has 4 rings (SSSR count). The summed E-state index contributed by atoms with van der Waals surface area (Å²) in [6, 6.07) is 11.0. The third-order valence-corrected chi connectivity index (χ3v) is 6.82. The smallest absolute Gasteiger partial charge is 0.432 e. The van der Waals surface area contributed by atoms with E-state index < -0.39 is 35.2 Å². The lowest BCUT2D eigenvalue weighted by molar-refractivity contribution is 0.0169. The van der Waals surface area contributed by atoms with Crippen molar-refractivity contribution in [2.45, 2.75) is 40.0 Å². The maximum atomic E-state index is 15.4. The molecule has 0 atom stereocenters. The molecule has 4 aromatic rings. The third-order valence-electron chi connectivity index (χ3n) is 5.60. The molecule has 7 nitrogen and oxygen atoms in total. The lowest BCUT2D eigenvalue weighted by atomic mass is 10.00. The Hall–Kier alpha value is -3.63. The normalized spacial score (nSPS) is 11.2. The van der Waals surface area contributed by atoms with Gasteiger partial charge in [-0.1, -0.05) is 42.6 Å². The molecule has 11 heteroatoms. The molecule has 0 saturated carbocycles. The molecule has 39 heavy (non-hydrogen) atoms. The van der Waals surface area contributed by atoms with E-state index in [4.69, 9.17) is 21.1 Å². The number of anilines is 1. The zero-order valence-corrected chi connectivity index (χ0v) is 23.0. The molecule has 0 saturated heterocycles. The third kappa shape index (κ3) is 6.51. The highest BCUT2D eigenvalue weighted by Gasteiger charge is 2.26. The first kappa shape index (κ1) is 28.4. The Bertz CT molecular complexity index is 1510. The molecule has 204 valence electrons. The minimum absolute atomic E-state index is 0.00156. The number of carbonyl (C=O) groups excluding carboxylic acids is 2. The Morgan fingerprint density at radius 3 is 2.56 bits per heavy atom. The summed E-state index contributed by atoms with van der Waals surface area (Å²) in [5.74, 6) is -2.17. The Kier molecular flexibility index (Phi) is 9.08. The number of nitrogens with one attached hydrogen (secondary N) is 1. The van der Waals surface area contributed by atoms with E-state index in [2.05, 4.69) is 9.71 Å². The molecule has 0 amide bonds. The topological polar surface area (TPSA) is 82.5 Å². The van der Waals surface area contributed by atoms with E-state index in [0.29, 0.717) is 21.7 Å². The van der Waals surface area contributed by atoms with Crippen molar-refractivity contribution in [1.29, 1.82) is 0 Å². The summed E-state index contributed by atoms with van der Waals surface area (Å²) in [5, 5.41) is 0.877. The van der Waals surface area contributed by atoms with Crippen LogP contribution in [0.1, 0.15) is 43.1 Å². The molecular formula is C28H26ClF2N3O4S. The van der Waals surface area contributed by atoms with Gasteiger partial charge in [0.1, 0.15) is 11.5 Å². The molecule has 0 radical (unpaired) electrons. The fourth-order valence-electron chi connectivity index (χ4n) is 3.80. The molecule has 0 aliphatic heterocycles. The van der Waals surface area contributed by atoms with Gasteiger partial charge in [0.05, 0.1) is 22.9 Å². The van der Waals surface area contributed by atoms with Gasteiger partial charge in [-0.25, -0.2) is 18.6 Å². The van der Waals surface area contributed by atoms with E-state index in [1.54, 1.807) is 50.4 Å². The highest BCUT2D eigenvalue weighted by atomic mass is 35.5. The molecule has 0 unspecified atom stereocenters. The van der Waals surface area contributed by atoms with Crippen molar-refractivity contribution < 1.29 is 27.8 Å². The molecular weight excluding hydrogens is 548 g/mol. The Morgan fingerprint density at radius 2 is 1.87 bits per heavy atom. The average Bonchev–Trinajstić information content (AvgIpc) is 3.27. The van der Waals surface area contributed by atoms with E-state index in [-0.39, 0.29) is 23.6 Å². The van der Waals surface area contributed by atoms with Crippen LogP contribution in [0.3, 0.4) is 0 Å². The van der Waals surface area contributed by atoms with Crippen LogP contribution in [-0.4, -0.2) is 33.3 Å². The monoisotopic (exact) mass is 573 g/mol. The van der Waals surface area contributed by atoms with Crippen LogP contribution in [0.5, 0.6) is 0 Å². The van der Waals surface area contributed by atoms with Crippen LogP contribution in [0.15, 0.2) is 54.9 Å². The summed E-state index contributed by atoms with van der Waals surface area (Å²) in [6.45, 7) is 4.99. The Labute approximate surface area is 233 Å². The summed E-state index contributed by atoms with van der Waals surface area (Å²) in [7, 11) is 0. The van der Waals surface area contributed by atoms with Gasteiger partial charge < -0.3 is 14.2 Å². The molecule has 2 aromatic carbocycles. The number of hydrogen-bond acceptors (Lipinski definition) is 7. The van der Waals surface area contributed by atoms with Gasteiger partial charge in [-0.2, -0.15) is 0 Å². The lowest BCUT2D eigenvalue weighted by Crippen LogP contribution is -2.15. The van der Waals surface area contributed by atoms with Crippen molar-refractivity contribution in [3.05, 3.63) is 82.6 Å². The van der Waals surface area contributed by atoms with Crippen molar-refractivity contribution in [2.75, 3.05) is 10.5 Å². The number of fused-ring (bicyclic) bond motifs is 1. The maximum absolute atomic E-state index is 15.4. The summed E-state index contributed by atoms with van der Waals surface area (Å²) in [4.78, 5) is 30.1. The van der Waals surface area contributed by atoms with Crippen LogP contribution in [0.25, 0.3) is 22.2 Å². The molecule has 2 aromatic heterocycles. The minimum Gasteiger partial charge on any atom is -0.432 e. The standard InChI is InChI=1S/C28H26ClF2N3O4S/c1-4-11-39-33-23-10-9-22(30)24(25(23)31)26(35)21-14-34(15-37-28(36)38-16(2)3)27-20(21)12-18(13-32-27)17-5-7-19(29)8-6-17/h5-10,12-14,16,33H,4,11,15H2,1-3H3. The van der Waals surface area contributed by atoms with Gasteiger partial charge >= 0.3 is 6.16 Å². The molecule has 1 N–H and O–H groups in total. The fourth-order valence-corrected chi connectivity index (χ4v) is 4.55. The maximum Gasteiger partial charge on any atom is 0.510 e. The average molecular weight is 574 g/mol. The molecule has 2 heterocycles. The molecule has 0 aliphatic rings. The SMILES string of the molecule is CCCSNc1ccc(F)c(C(=O)c2cn(COC(=O)OC(C)C)c3ncc(-c4ccc(Cl)cc4)cc23)c1F. The van der Waals surface area contributed by atoms with Gasteiger partial charge in [-0.15, -0.1) is 0 Å². The molecule has 0 spiro atoms. The van der Waals surface area contributed by atoms with E-state index in [0.717, 1.165) is 18.1 Å². The summed E-state index contributed by atoms with van der Waals surface area (Å²) >= 11 is 7.27. The highest BCUT2D eigenvalue weighted by molar-refractivity contribution is 8.00. The van der Waals surface area contributed by atoms with Crippen LogP contribution in [0.2, 0.25) is 5.02 Å². The van der Waals surface area contributed by atoms with E-state index in [1.807, 2.05) is 6.92 Å². The lowest BCUT2D eigenvalue weighted by Gasteiger charge is -2.10. The van der Waals surface area contributed by atoms with Gasteiger partial charge in [0.2, 0.25) is 5.78 Å². The first-order valence-electron chi connectivity index (χ1n) is 12.2. The number of ketones is 1.